The summed E-state index contributed by atoms with van der Waals surface area (Å²) >= 11 is 1.33. The normalized spacial score (nSPS) is 15.1. The van der Waals surface area contributed by atoms with Crippen molar-refractivity contribution in [3.05, 3.63) is 99.3 Å². The van der Waals surface area contributed by atoms with Crippen molar-refractivity contribution in [3.63, 3.8) is 0 Å². The van der Waals surface area contributed by atoms with Crippen LogP contribution in [0.15, 0.2) is 65.7 Å². The van der Waals surface area contributed by atoms with Crippen molar-refractivity contribution >= 4 is 17.4 Å². The van der Waals surface area contributed by atoms with Crippen molar-refractivity contribution in [2.75, 3.05) is 6.54 Å². The van der Waals surface area contributed by atoms with Crippen molar-refractivity contribution in [3.8, 4) is 16.5 Å². The van der Waals surface area contributed by atoms with Crippen LogP contribution >= 0.6 is 11.3 Å². The van der Waals surface area contributed by atoms with Crippen LogP contribution in [0.1, 0.15) is 43.1 Å². The maximum Gasteiger partial charge on any atom is 0.411 e. The molecular weight excluding hydrogens is 540 g/mol. The number of amides is 1. The highest BCUT2D eigenvalue weighted by molar-refractivity contribution is 7.13. The molecule has 208 valence electrons. The summed E-state index contributed by atoms with van der Waals surface area (Å²) < 4.78 is 41.9. The Hall–Kier alpha value is -4.32. The van der Waals surface area contributed by atoms with Crippen LogP contribution in [0.4, 0.5) is 13.6 Å². The Bertz CT molecular complexity index is 1620. The smallest absolute Gasteiger partial charge is 0.411 e. The number of benzene rings is 2. The number of aryl methyl sites for hydroxylation is 1. The van der Waals surface area contributed by atoms with E-state index in [0.29, 0.717) is 33.7 Å². The maximum atomic E-state index is 14.0. The molecule has 0 spiro atoms. The molecule has 1 atom stereocenters. The molecule has 9 nitrogen and oxygen atoms in total. The van der Waals surface area contributed by atoms with E-state index < -0.39 is 29.0 Å². The lowest BCUT2D eigenvalue weighted by Gasteiger charge is -2.27. The summed E-state index contributed by atoms with van der Waals surface area (Å²) in [5, 5.41) is 5.36. The molecule has 12 heteroatoms. The number of thiazole rings is 1. The SMILES string of the molecule is Cc1nc(C2C=CCN2C(=O)OC(C)(C)C)sc1Oc1ccc(-n2ncn(Cc3c(F)cccc3F)c2=O)cc1. The molecule has 0 N–H and O–H groups in total. The van der Waals surface area contributed by atoms with Gasteiger partial charge in [-0.25, -0.2) is 23.4 Å². The predicted molar refractivity (Wildman–Crippen MR) is 145 cm³/mol. The molecule has 0 saturated carbocycles. The zero-order valence-electron chi connectivity index (χ0n) is 22.3. The summed E-state index contributed by atoms with van der Waals surface area (Å²) in [5.74, 6) is -0.956. The molecule has 0 bridgehead atoms. The Morgan fingerprint density at radius 3 is 2.50 bits per heavy atom. The van der Waals surface area contributed by atoms with E-state index in [9.17, 15) is 18.4 Å². The van der Waals surface area contributed by atoms with Gasteiger partial charge in [-0.05, 0) is 64.1 Å². The average molecular weight is 568 g/mol. The lowest BCUT2D eigenvalue weighted by Crippen LogP contribution is -2.36. The third-order valence-electron chi connectivity index (χ3n) is 6.02. The van der Waals surface area contributed by atoms with Gasteiger partial charge >= 0.3 is 11.8 Å². The molecule has 2 aromatic carbocycles. The molecule has 3 heterocycles. The summed E-state index contributed by atoms with van der Waals surface area (Å²) in [5.41, 5.74) is -0.238. The van der Waals surface area contributed by atoms with Gasteiger partial charge in [-0.2, -0.15) is 9.78 Å². The molecule has 0 fully saturated rings. The van der Waals surface area contributed by atoms with Crippen molar-refractivity contribution in [1.82, 2.24) is 24.2 Å². The zero-order chi connectivity index (χ0) is 28.6. The minimum atomic E-state index is -0.732. The molecule has 0 aliphatic carbocycles. The van der Waals surface area contributed by atoms with Crippen LogP contribution < -0.4 is 10.4 Å². The van der Waals surface area contributed by atoms with Crippen molar-refractivity contribution < 1.29 is 23.0 Å². The predicted octanol–water partition coefficient (Wildman–Crippen LogP) is 5.77. The minimum Gasteiger partial charge on any atom is -0.445 e. The van der Waals surface area contributed by atoms with E-state index in [-0.39, 0.29) is 18.2 Å². The van der Waals surface area contributed by atoms with Gasteiger partial charge in [-0.3, -0.25) is 9.47 Å². The van der Waals surface area contributed by atoms with Gasteiger partial charge in [0.15, 0.2) is 0 Å². The molecule has 5 rings (SSSR count). The van der Waals surface area contributed by atoms with Gasteiger partial charge in [0.1, 0.15) is 40.4 Å². The number of nitrogens with zero attached hydrogens (tertiary/aromatic N) is 5. The van der Waals surface area contributed by atoms with Crippen molar-refractivity contribution in [2.24, 2.45) is 0 Å². The van der Waals surface area contributed by atoms with Crippen LogP contribution in [0.5, 0.6) is 10.8 Å². The standard InChI is InChI=1S/C28H27F2N5O4S/c1-17-25(40-24(32-17)23-9-6-14-34(23)27(37)39-28(2,3)4)38-19-12-10-18(11-13-19)35-26(36)33(16-31-35)15-20-21(29)7-5-8-22(20)30/h5-13,16,23H,14-15H2,1-4H3. The Morgan fingerprint density at radius 2 is 1.82 bits per heavy atom. The molecule has 0 radical (unpaired) electrons. The van der Waals surface area contributed by atoms with Crippen molar-refractivity contribution in [1.29, 1.82) is 0 Å². The number of carbonyl (C=O) groups is 1. The van der Waals surface area contributed by atoms with Gasteiger partial charge in [0, 0.05) is 12.1 Å². The Labute approximate surface area is 232 Å². The quantitative estimate of drug-likeness (QED) is 0.275. The summed E-state index contributed by atoms with van der Waals surface area (Å²) in [6.45, 7) is 7.44. The Balaban J connectivity index is 1.29. The van der Waals surface area contributed by atoms with E-state index in [4.69, 9.17) is 9.47 Å². The first-order valence-corrected chi connectivity index (χ1v) is 13.3. The van der Waals surface area contributed by atoms with E-state index in [2.05, 4.69) is 10.1 Å². The highest BCUT2D eigenvalue weighted by Crippen LogP contribution is 2.38. The third kappa shape index (κ3) is 5.67. The van der Waals surface area contributed by atoms with Crippen LogP contribution in [-0.2, 0) is 11.3 Å². The molecule has 1 unspecified atom stereocenters. The first-order valence-electron chi connectivity index (χ1n) is 12.5. The number of hydrogen-bond acceptors (Lipinski definition) is 7. The molecule has 1 aliphatic heterocycles. The summed E-state index contributed by atoms with van der Waals surface area (Å²) in [4.78, 5) is 31.7. The maximum absolute atomic E-state index is 14.0. The zero-order valence-corrected chi connectivity index (χ0v) is 23.1. The van der Waals surface area contributed by atoms with E-state index >= 15 is 0 Å². The van der Waals surface area contributed by atoms with E-state index in [1.807, 2.05) is 39.8 Å². The van der Waals surface area contributed by atoms with E-state index in [1.165, 1.54) is 23.7 Å². The number of rotatable bonds is 6. The fourth-order valence-corrected chi connectivity index (χ4v) is 5.14. The van der Waals surface area contributed by atoms with E-state index in [1.54, 1.807) is 29.2 Å². The van der Waals surface area contributed by atoms with Crippen LogP contribution in [0.2, 0.25) is 0 Å². The number of carbonyl (C=O) groups excluding carboxylic acids is 1. The second-order valence-corrected chi connectivity index (χ2v) is 11.2. The summed E-state index contributed by atoms with van der Waals surface area (Å²) in [6.07, 6.45) is 4.64. The van der Waals surface area contributed by atoms with Crippen molar-refractivity contribution in [2.45, 2.75) is 45.9 Å². The minimum absolute atomic E-state index is 0.213. The fourth-order valence-electron chi connectivity index (χ4n) is 4.10. The van der Waals surface area contributed by atoms with E-state index in [0.717, 1.165) is 21.4 Å². The van der Waals surface area contributed by atoms with Gasteiger partial charge in [-0.15, -0.1) is 0 Å². The lowest BCUT2D eigenvalue weighted by molar-refractivity contribution is 0.0240. The average Bonchev–Trinajstić information content (AvgIpc) is 3.60. The third-order valence-corrected chi connectivity index (χ3v) is 7.13. The second kappa shape index (κ2) is 10.7. The van der Waals surface area contributed by atoms with Gasteiger partial charge in [0.05, 0.1) is 17.9 Å². The van der Waals surface area contributed by atoms with Gasteiger partial charge in [0.25, 0.3) is 0 Å². The number of ether oxygens (including phenoxy) is 2. The topological polar surface area (TPSA) is 91.5 Å². The molecule has 4 aromatic rings. The van der Waals surface area contributed by atoms with Gasteiger partial charge in [-0.1, -0.05) is 29.6 Å². The van der Waals surface area contributed by atoms with Crippen LogP contribution in [0, 0.1) is 18.6 Å². The summed E-state index contributed by atoms with van der Waals surface area (Å²) in [7, 11) is 0. The second-order valence-electron chi connectivity index (χ2n) is 10.2. The molecule has 0 saturated heterocycles. The first-order chi connectivity index (χ1) is 19.0. The molecule has 1 amide bonds. The molecule has 1 aliphatic rings. The van der Waals surface area contributed by atoms with Gasteiger partial charge in [0.2, 0.25) is 5.06 Å². The molecule has 2 aromatic heterocycles. The van der Waals surface area contributed by atoms with Crippen LogP contribution in [-0.4, -0.2) is 42.5 Å². The monoisotopic (exact) mass is 567 g/mol. The Kier molecular flexibility index (Phi) is 7.28. The number of aromatic nitrogens is 4. The van der Waals surface area contributed by atoms with Crippen LogP contribution in [0.3, 0.4) is 0 Å². The Morgan fingerprint density at radius 1 is 1.12 bits per heavy atom. The lowest BCUT2D eigenvalue weighted by atomic mass is 10.2. The number of halogens is 2. The summed E-state index contributed by atoms with van der Waals surface area (Å²) in [6, 6.07) is 9.86. The highest BCUT2D eigenvalue weighted by Gasteiger charge is 2.32. The number of hydrogen-bond donors (Lipinski definition) is 0. The van der Waals surface area contributed by atoms with Gasteiger partial charge < -0.3 is 9.47 Å². The van der Waals surface area contributed by atoms with Crippen LogP contribution in [0.25, 0.3) is 5.69 Å². The molecular formula is C28H27F2N5O4S. The fraction of sp³-hybridized carbons (Fsp3) is 0.286. The molecule has 40 heavy (non-hydrogen) atoms. The highest BCUT2D eigenvalue weighted by atomic mass is 32.1. The largest absolute Gasteiger partial charge is 0.445 e. The first kappa shape index (κ1) is 27.3.